The van der Waals surface area contributed by atoms with E-state index in [1.807, 2.05) is 0 Å². The average molecular weight is 208 g/mol. The van der Waals surface area contributed by atoms with E-state index < -0.39 is 14.6 Å². The third-order valence-electron chi connectivity index (χ3n) is 0.339. The standard InChI is InChI=1S/2Na.H4O6P2/c;;1-7(2,3)8(4,5)6/h;;(H2,1,2,3)(H2,4,5,6). The molecular weight excluding hydrogens is 204 g/mol. The fourth-order valence-electron chi connectivity index (χ4n) is 0. The van der Waals surface area contributed by atoms with Crippen molar-refractivity contribution in [3.63, 3.8) is 0 Å². The summed E-state index contributed by atoms with van der Waals surface area (Å²) in [5, 5.41) is 0. The van der Waals surface area contributed by atoms with Crippen LogP contribution >= 0.6 is 14.6 Å². The zero-order valence-electron chi connectivity index (χ0n) is 5.50. The first-order chi connectivity index (χ1) is 3.25. The second kappa shape index (κ2) is 5.86. The fraction of sp³-hybridized carbons (Fsp3) is 0. The molecule has 52 valence electrons. The maximum absolute atomic E-state index is 9.58. The summed E-state index contributed by atoms with van der Waals surface area (Å²) >= 11 is 0. The van der Waals surface area contributed by atoms with Gasteiger partial charge in [-0.2, -0.15) is 0 Å². The quantitative estimate of drug-likeness (QED) is 0.307. The molecule has 0 fully saturated rings. The van der Waals surface area contributed by atoms with Crippen LogP contribution in [0.2, 0.25) is 0 Å². The number of hydrogen-bond acceptors (Lipinski definition) is 2. The molecule has 0 rings (SSSR count). The van der Waals surface area contributed by atoms with Gasteiger partial charge in [-0.25, -0.2) is 9.13 Å². The van der Waals surface area contributed by atoms with E-state index in [4.69, 9.17) is 19.6 Å². The van der Waals surface area contributed by atoms with Gasteiger partial charge in [0.15, 0.2) is 0 Å². The van der Waals surface area contributed by atoms with Crippen molar-refractivity contribution in [2.45, 2.75) is 0 Å². The van der Waals surface area contributed by atoms with Crippen LogP contribution < -0.4 is 0 Å². The van der Waals surface area contributed by atoms with Gasteiger partial charge in [-0.05, 0) is 0 Å². The summed E-state index contributed by atoms with van der Waals surface area (Å²) in [6, 6.07) is 0. The monoisotopic (exact) mass is 208 g/mol. The Kier molecular flexibility index (Phi) is 10.6. The van der Waals surface area contributed by atoms with Crippen LogP contribution in [0, 0.1) is 0 Å². The number of hydrogen-bond donors (Lipinski definition) is 4. The predicted octanol–water partition coefficient (Wildman–Crippen LogP) is -1.50. The molecule has 0 aromatic rings. The molecule has 4 N–H and O–H groups in total. The smallest absolute Gasteiger partial charge is 0.316 e. The first-order valence-corrected chi connectivity index (χ1v) is 5.30. The average Bonchev–Trinajstić information content (AvgIpc) is 1.25. The second-order valence-electron chi connectivity index (χ2n) is 1.03. The molecule has 10 heteroatoms. The van der Waals surface area contributed by atoms with Gasteiger partial charge in [0.25, 0.3) is 0 Å². The Bertz CT molecular complexity index is 143. The SMILES string of the molecule is O=P(O)(O)P(=O)(O)O.[Na].[Na]. The van der Waals surface area contributed by atoms with Gasteiger partial charge in [-0.15, -0.1) is 0 Å². The van der Waals surface area contributed by atoms with E-state index in [9.17, 15) is 9.13 Å². The summed E-state index contributed by atoms with van der Waals surface area (Å²) in [4.78, 5) is 30.8. The van der Waals surface area contributed by atoms with E-state index in [-0.39, 0.29) is 59.1 Å². The third-order valence-corrected chi connectivity index (χ3v) is 3.05. The van der Waals surface area contributed by atoms with Gasteiger partial charge in [-0.3, -0.25) is 0 Å². The Hall–Kier alpha value is 2.30. The van der Waals surface area contributed by atoms with Gasteiger partial charge in [0.1, 0.15) is 0 Å². The van der Waals surface area contributed by atoms with Crippen LogP contribution in [0.5, 0.6) is 0 Å². The van der Waals surface area contributed by atoms with Crippen LogP contribution in [0.25, 0.3) is 0 Å². The Morgan fingerprint density at radius 1 is 0.700 bits per heavy atom. The molecule has 0 aliphatic carbocycles. The summed E-state index contributed by atoms with van der Waals surface area (Å²) in [6.07, 6.45) is 0. The molecular formula is H4Na2O6P2. The molecule has 6 nitrogen and oxygen atoms in total. The molecule has 2 radical (unpaired) electrons. The van der Waals surface area contributed by atoms with Crippen molar-refractivity contribution in [1.82, 2.24) is 0 Å². The summed E-state index contributed by atoms with van der Waals surface area (Å²) in [7, 11) is -10.4. The van der Waals surface area contributed by atoms with Gasteiger partial charge in [0.05, 0.1) is 0 Å². The zero-order valence-corrected chi connectivity index (χ0v) is 11.3. The van der Waals surface area contributed by atoms with Gasteiger partial charge >= 0.3 is 14.6 Å². The minimum atomic E-state index is -5.18. The van der Waals surface area contributed by atoms with Gasteiger partial charge < -0.3 is 19.6 Å². The molecule has 0 heterocycles. The normalized spacial score (nSPS) is 11.2. The van der Waals surface area contributed by atoms with E-state index in [0.29, 0.717) is 0 Å². The zero-order chi connectivity index (χ0) is 7.00. The molecule has 0 bridgehead atoms. The van der Waals surface area contributed by atoms with Gasteiger partial charge in [0, 0.05) is 59.1 Å². The summed E-state index contributed by atoms with van der Waals surface area (Å²) in [5.41, 5.74) is 0. The first-order valence-electron chi connectivity index (χ1n) is 1.37. The topological polar surface area (TPSA) is 115 Å². The summed E-state index contributed by atoms with van der Waals surface area (Å²) in [6.45, 7) is 0. The maximum Gasteiger partial charge on any atom is 0.435 e. The molecule has 0 saturated carbocycles. The van der Waals surface area contributed by atoms with Crippen molar-refractivity contribution in [1.29, 1.82) is 0 Å². The molecule has 0 unspecified atom stereocenters. The first kappa shape index (κ1) is 18.2. The molecule has 0 aliphatic rings. The molecule has 0 atom stereocenters. The van der Waals surface area contributed by atoms with Crippen LogP contribution in [-0.2, 0) is 9.13 Å². The fourth-order valence-corrected chi connectivity index (χ4v) is 0. The van der Waals surface area contributed by atoms with Gasteiger partial charge in [-0.1, -0.05) is 0 Å². The van der Waals surface area contributed by atoms with Crippen molar-refractivity contribution in [3.05, 3.63) is 0 Å². The second-order valence-corrected chi connectivity index (χ2v) is 6.21. The Morgan fingerprint density at radius 2 is 0.800 bits per heavy atom. The van der Waals surface area contributed by atoms with Crippen LogP contribution in [0.15, 0.2) is 0 Å². The Labute approximate surface area is 101 Å². The molecule has 0 saturated heterocycles. The van der Waals surface area contributed by atoms with Crippen molar-refractivity contribution in [3.8, 4) is 0 Å². The predicted molar refractivity (Wildman–Crippen MR) is 35.6 cm³/mol. The van der Waals surface area contributed by atoms with E-state index in [2.05, 4.69) is 0 Å². The molecule has 0 aliphatic heterocycles. The molecule has 10 heavy (non-hydrogen) atoms. The molecule has 0 aromatic heterocycles. The van der Waals surface area contributed by atoms with Gasteiger partial charge in [0.2, 0.25) is 0 Å². The largest absolute Gasteiger partial charge is 0.435 e. The van der Waals surface area contributed by atoms with E-state index in [1.54, 1.807) is 0 Å². The Morgan fingerprint density at radius 3 is 0.800 bits per heavy atom. The van der Waals surface area contributed by atoms with Crippen molar-refractivity contribution < 1.29 is 28.7 Å². The van der Waals surface area contributed by atoms with E-state index >= 15 is 0 Å². The van der Waals surface area contributed by atoms with Crippen molar-refractivity contribution in [2.75, 3.05) is 0 Å². The minimum absolute atomic E-state index is 0. The van der Waals surface area contributed by atoms with Crippen molar-refractivity contribution in [2.24, 2.45) is 0 Å². The van der Waals surface area contributed by atoms with Crippen LogP contribution in [-0.4, -0.2) is 78.7 Å². The van der Waals surface area contributed by atoms with Crippen molar-refractivity contribution >= 4 is 73.7 Å². The summed E-state index contributed by atoms with van der Waals surface area (Å²) < 4.78 is 19.2. The Balaban J connectivity index is -0.000000245. The van der Waals surface area contributed by atoms with E-state index in [0.717, 1.165) is 0 Å². The van der Waals surface area contributed by atoms with Crippen LogP contribution in [0.4, 0.5) is 0 Å². The molecule has 0 amide bonds. The van der Waals surface area contributed by atoms with Crippen LogP contribution in [0.3, 0.4) is 0 Å². The van der Waals surface area contributed by atoms with E-state index in [1.165, 1.54) is 0 Å². The maximum atomic E-state index is 9.58. The molecule has 0 spiro atoms. The molecule has 0 aromatic carbocycles. The number of rotatable bonds is 1. The van der Waals surface area contributed by atoms with Crippen LogP contribution in [0.1, 0.15) is 0 Å². The third kappa shape index (κ3) is 6.98. The summed E-state index contributed by atoms with van der Waals surface area (Å²) in [5.74, 6) is 0. The minimum Gasteiger partial charge on any atom is -0.316 e.